The molecule has 0 saturated carbocycles. The van der Waals surface area contributed by atoms with Crippen molar-refractivity contribution in [2.45, 2.75) is 46.1 Å². The molecular formula is C16H27NO2. The fourth-order valence-corrected chi connectivity index (χ4v) is 1.58. The van der Waals surface area contributed by atoms with E-state index < -0.39 is 0 Å². The predicted molar refractivity (Wildman–Crippen MR) is 80.1 cm³/mol. The van der Waals surface area contributed by atoms with Crippen LogP contribution in [0.4, 0.5) is 0 Å². The Morgan fingerprint density at radius 1 is 1.00 bits per heavy atom. The first-order valence-electron chi connectivity index (χ1n) is 7.18. The number of para-hydroxylation sites is 2. The van der Waals surface area contributed by atoms with Crippen LogP contribution in [-0.2, 0) is 0 Å². The Labute approximate surface area is 117 Å². The highest BCUT2D eigenvalue weighted by Crippen LogP contribution is 2.26. The minimum Gasteiger partial charge on any atom is -0.490 e. The molecule has 0 aliphatic carbocycles. The maximum absolute atomic E-state index is 5.79. The minimum atomic E-state index is 0.168. The highest BCUT2D eigenvalue weighted by molar-refractivity contribution is 5.39. The second-order valence-corrected chi connectivity index (χ2v) is 5.31. The largest absolute Gasteiger partial charge is 0.490 e. The topological polar surface area (TPSA) is 30.5 Å². The Hall–Kier alpha value is -1.22. The van der Waals surface area contributed by atoms with Crippen LogP contribution in [0.1, 0.15) is 40.5 Å². The van der Waals surface area contributed by atoms with Crippen LogP contribution in [0.3, 0.4) is 0 Å². The molecule has 3 heteroatoms. The molecule has 0 aliphatic heterocycles. The Morgan fingerprint density at radius 3 is 2.11 bits per heavy atom. The Balaban J connectivity index is 2.40. The summed E-state index contributed by atoms with van der Waals surface area (Å²) >= 11 is 0. The van der Waals surface area contributed by atoms with Crippen LogP contribution < -0.4 is 14.8 Å². The van der Waals surface area contributed by atoms with E-state index in [2.05, 4.69) is 33.0 Å². The van der Waals surface area contributed by atoms with Gasteiger partial charge in [-0.2, -0.15) is 0 Å². The smallest absolute Gasteiger partial charge is 0.161 e. The van der Waals surface area contributed by atoms with Gasteiger partial charge in [0.15, 0.2) is 11.5 Å². The molecule has 0 aromatic heterocycles. The van der Waals surface area contributed by atoms with Gasteiger partial charge < -0.3 is 14.8 Å². The summed E-state index contributed by atoms with van der Waals surface area (Å²) in [5, 5.41) is 3.48. The number of hydrogen-bond donors (Lipinski definition) is 1. The number of benzene rings is 1. The van der Waals surface area contributed by atoms with E-state index in [9.17, 15) is 0 Å². The lowest BCUT2D eigenvalue weighted by Gasteiger charge is -2.24. The first-order chi connectivity index (χ1) is 9.09. The van der Waals surface area contributed by atoms with Crippen molar-refractivity contribution in [2.24, 2.45) is 0 Å². The van der Waals surface area contributed by atoms with Gasteiger partial charge in [0.05, 0.1) is 6.61 Å². The maximum Gasteiger partial charge on any atom is 0.161 e. The van der Waals surface area contributed by atoms with E-state index >= 15 is 0 Å². The lowest BCUT2D eigenvalue weighted by Crippen LogP contribution is -2.40. The Kier molecular flexibility index (Phi) is 6.71. The fraction of sp³-hybridized carbons (Fsp3) is 0.625. The van der Waals surface area contributed by atoms with Crippen LogP contribution >= 0.6 is 0 Å². The maximum atomic E-state index is 5.79. The first kappa shape index (κ1) is 15.8. The zero-order valence-electron chi connectivity index (χ0n) is 12.7. The van der Waals surface area contributed by atoms with E-state index in [1.54, 1.807) is 0 Å². The highest BCUT2D eigenvalue weighted by Gasteiger charge is 2.13. The molecule has 3 nitrogen and oxygen atoms in total. The molecule has 0 aliphatic rings. The van der Waals surface area contributed by atoms with Gasteiger partial charge in [0.2, 0.25) is 0 Å². The van der Waals surface area contributed by atoms with E-state index in [4.69, 9.17) is 9.47 Å². The van der Waals surface area contributed by atoms with Gasteiger partial charge in [0.25, 0.3) is 0 Å². The van der Waals surface area contributed by atoms with E-state index in [0.29, 0.717) is 6.61 Å². The average Bonchev–Trinajstić information content (AvgIpc) is 2.42. The zero-order valence-corrected chi connectivity index (χ0v) is 12.7. The molecule has 0 bridgehead atoms. The summed E-state index contributed by atoms with van der Waals surface area (Å²) in [6, 6.07) is 7.85. The second-order valence-electron chi connectivity index (χ2n) is 5.31. The number of nitrogens with one attached hydrogen (secondary N) is 1. The van der Waals surface area contributed by atoms with Gasteiger partial charge in [-0.3, -0.25) is 0 Å². The van der Waals surface area contributed by atoms with E-state index in [0.717, 1.165) is 37.5 Å². The molecule has 108 valence electrons. The molecule has 0 spiro atoms. The zero-order chi connectivity index (χ0) is 14.1. The predicted octanol–water partition coefficient (Wildman–Crippen LogP) is 3.63. The third-order valence-corrected chi connectivity index (χ3v) is 3.16. The summed E-state index contributed by atoms with van der Waals surface area (Å²) in [6.45, 7) is 10.9. The number of rotatable bonds is 9. The standard InChI is InChI=1S/C16H27NO2/c1-5-12-18-14-9-7-8-10-15(14)19-13-11-17-16(3,4)6-2/h7-10,17H,5-6,11-13H2,1-4H3. The lowest BCUT2D eigenvalue weighted by molar-refractivity contribution is 0.254. The van der Waals surface area contributed by atoms with E-state index in [1.165, 1.54) is 0 Å². The summed E-state index contributed by atoms with van der Waals surface area (Å²) in [5.74, 6) is 1.66. The van der Waals surface area contributed by atoms with Gasteiger partial charge in [0.1, 0.15) is 6.61 Å². The molecule has 1 aromatic rings. The molecule has 1 aromatic carbocycles. The molecule has 1 N–H and O–H groups in total. The number of hydrogen-bond acceptors (Lipinski definition) is 3. The second kappa shape index (κ2) is 8.05. The summed E-state index contributed by atoms with van der Waals surface area (Å²) in [7, 11) is 0. The van der Waals surface area contributed by atoms with Crippen molar-refractivity contribution in [3.05, 3.63) is 24.3 Å². The summed E-state index contributed by atoms with van der Waals surface area (Å²) in [5.41, 5.74) is 0.168. The van der Waals surface area contributed by atoms with E-state index in [1.807, 2.05) is 24.3 Å². The normalized spacial score (nSPS) is 11.4. The van der Waals surface area contributed by atoms with Crippen molar-refractivity contribution in [1.82, 2.24) is 5.32 Å². The molecule has 0 saturated heterocycles. The van der Waals surface area contributed by atoms with Crippen LogP contribution in [-0.4, -0.2) is 25.3 Å². The van der Waals surface area contributed by atoms with Crippen molar-refractivity contribution in [3.63, 3.8) is 0 Å². The van der Waals surface area contributed by atoms with Crippen molar-refractivity contribution in [2.75, 3.05) is 19.8 Å². The fourth-order valence-electron chi connectivity index (χ4n) is 1.58. The molecule has 0 fully saturated rings. The molecule has 0 heterocycles. The van der Waals surface area contributed by atoms with Crippen molar-refractivity contribution < 1.29 is 9.47 Å². The SMILES string of the molecule is CCCOc1ccccc1OCCNC(C)(C)CC. The molecule has 0 atom stereocenters. The van der Waals surface area contributed by atoms with Crippen molar-refractivity contribution in [1.29, 1.82) is 0 Å². The molecule has 0 unspecified atom stereocenters. The quantitative estimate of drug-likeness (QED) is 0.692. The molecule has 1 rings (SSSR count). The molecule has 0 radical (unpaired) electrons. The van der Waals surface area contributed by atoms with Gasteiger partial charge >= 0.3 is 0 Å². The highest BCUT2D eigenvalue weighted by atomic mass is 16.5. The molecular weight excluding hydrogens is 238 g/mol. The third-order valence-electron chi connectivity index (χ3n) is 3.16. The summed E-state index contributed by atoms with van der Waals surface area (Å²) < 4.78 is 11.4. The molecule has 0 amide bonds. The third kappa shape index (κ3) is 5.97. The Morgan fingerprint density at radius 2 is 1.58 bits per heavy atom. The van der Waals surface area contributed by atoms with Crippen LogP contribution in [0.2, 0.25) is 0 Å². The van der Waals surface area contributed by atoms with E-state index in [-0.39, 0.29) is 5.54 Å². The summed E-state index contributed by atoms with van der Waals surface area (Å²) in [4.78, 5) is 0. The van der Waals surface area contributed by atoms with Gasteiger partial charge in [-0.1, -0.05) is 26.0 Å². The van der Waals surface area contributed by atoms with Gasteiger partial charge in [-0.15, -0.1) is 0 Å². The van der Waals surface area contributed by atoms with Gasteiger partial charge in [-0.25, -0.2) is 0 Å². The monoisotopic (exact) mass is 265 g/mol. The Bertz CT molecular complexity index is 364. The minimum absolute atomic E-state index is 0.168. The lowest BCUT2D eigenvalue weighted by atomic mass is 10.0. The van der Waals surface area contributed by atoms with Crippen LogP contribution in [0.25, 0.3) is 0 Å². The van der Waals surface area contributed by atoms with Gasteiger partial charge in [-0.05, 0) is 38.8 Å². The first-order valence-corrected chi connectivity index (χ1v) is 7.18. The number of ether oxygens (including phenoxy) is 2. The van der Waals surface area contributed by atoms with Crippen molar-refractivity contribution >= 4 is 0 Å². The molecule has 19 heavy (non-hydrogen) atoms. The van der Waals surface area contributed by atoms with Crippen LogP contribution in [0.15, 0.2) is 24.3 Å². The van der Waals surface area contributed by atoms with Crippen molar-refractivity contribution in [3.8, 4) is 11.5 Å². The van der Waals surface area contributed by atoms with Gasteiger partial charge in [0, 0.05) is 12.1 Å². The van der Waals surface area contributed by atoms with Crippen LogP contribution in [0, 0.1) is 0 Å². The average molecular weight is 265 g/mol. The summed E-state index contributed by atoms with van der Waals surface area (Å²) in [6.07, 6.45) is 2.10. The van der Waals surface area contributed by atoms with Crippen LogP contribution in [0.5, 0.6) is 11.5 Å².